The standard InChI is InChI=1S/C14H8Cl2F2O4S/c15-10-2-1-3-11(12(10)16)22-13(19)8-4-6-9(7-5-8)23(20,21)14(17)18/h1-7,14H. The van der Waals surface area contributed by atoms with E-state index in [0.717, 1.165) is 24.3 Å². The van der Waals surface area contributed by atoms with E-state index in [9.17, 15) is 22.0 Å². The minimum Gasteiger partial charge on any atom is -0.421 e. The van der Waals surface area contributed by atoms with E-state index in [-0.39, 0.29) is 21.4 Å². The molecule has 0 aliphatic rings. The van der Waals surface area contributed by atoms with Crippen molar-refractivity contribution in [3.05, 3.63) is 58.1 Å². The molecule has 0 saturated carbocycles. The first-order chi connectivity index (χ1) is 10.7. The minimum atomic E-state index is -4.71. The molecule has 0 bridgehead atoms. The molecular formula is C14H8Cl2F2O4S. The van der Waals surface area contributed by atoms with Crippen molar-refractivity contribution in [1.82, 2.24) is 0 Å². The largest absolute Gasteiger partial charge is 0.421 e. The Balaban J connectivity index is 2.23. The highest BCUT2D eigenvalue weighted by Crippen LogP contribution is 2.32. The predicted octanol–water partition coefficient (Wildman–Crippen LogP) is 4.21. The van der Waals surface area contributed by atoms with Crippen LogP contribution in [0.1, 0.15) is 10.4 Å². The average molecular weight is 381 g/mol. The van der Waals surface area contributed by atoms with Gasteiger partial charge in [-0.25, -0.2) is 13.2 Å². The molecule has 0 radical (unpaired) electrons. The van der Waals surface area contributed by atoms with Crippen LogP contribution in [0.5, 0.6) is 5.75 Å². The van der Waals surface area contributed by atoms with E-state index in [2.05, 4.69) is 0 Å². The van der Waals surface area contributed by atoms with Crippen LogP contribution in [-0.2, 0) is 9.84 Å². The third-order valence-electron chi connectivity index (χ3n) is 2.77. The Morgan fingerprint density at radius 3 is 2.22 bits per heavy atom. The Bertz CT molecular complexity index is 836. The molecule has 122 valence electrons. The second-order valence-corrected chi connectivity index (χ2v) is 6.97. The van der Waals surface area contributed by atoms with Gasteiger partial charge in [-0.2, -0.15) is 8.78 Å². The molecule has 9 heteroatoms. The zero-order valence-corrected chi connectivity index (χ0v) is 13.5. The van der Waals surface area contributed by atoms with Crippen molar-refractivity contribution in [1.29, 1.82) is 0 Å². The van der Waals surface area contributed by atoms with Crippen LogP contribution in [0.4, 0.5) is 8.78 Å². The van der Waals surface area contributed by atoms with Crippen molar-refractivity contribution in [2.24, 2.45) is 0 Å². The SMILES string of the molecule is O=C(Oc1cccc(Cl)c1Cl)c1ccc(S(=O)(=O)C(F)F)cc1. The number of carbonyl (C=O) groups is 1. The number of esters is 1. The molecule has 0 amide bonds. The van der Waals surface area contributed by atoms with Crippen molar-refractivity contribution in [3.8, 4) is 5.75 Å². The summed E-state index contributed by atoms with van der Waals surface area (Å²) in [6.45, 7) is 0. The molecule has 0 aliphatic carbocycles. The normalized spacial score (nSPS) is 11.5. The number of sulfone groups is 1. The average Bonchev–Trinajstić information content (AvgIpc) is 2.51. The maximum atomic E-state index is 12.4. The van der Waals surface area contributed by atoms with E-state index >= 15 is 0 Å². The van der Waals surface area contributed by atoms with E-state index in [0.29, 0.717) is 0 Å². The smallest absolute Gasteiger partial charge is 0.343 e. The highest BCUT2D eigenvalue weighted by molar-refractivity contribution is 7.91. The summed E-state index contributed by atoms with van der Waals surface area (Å²) in [7, 11) is -4.71. The predicted molar refractivity (Wildman–Crippen MR) is 81.1 cm³/mol. The fourth-order valence-corrected chi connectivity index (χ4v) is 2.66. The van der Waals surface area contributed by atoms with Gasteiger partial charge in [0.2, 0.25) is 9.84 Å². The van der Waals surface area contributed by atoms with Gasteiger partial charge in [-0.15, -0.1) is 0 Å². The van der Waals surface area contributed by atoms with Gasteiger partial charge in [0, 0.05) is 0 Å². The van der Waals surface area contributed by atoms with Crippen molar-refractivity contribution >= 4 is 39.0 Å². The summed E-state index contributed by atoms with van der Waals surface area (Å²) in [6.07, 6.45) is 0. The Kier molecular flexibility index (Phi) is 5.23. The van der Waals surface area contributed by atoms with Crippen molar-refractivity contribution in [3.63, 3.8) is 0 Å². The maximum absolute atomic E-state index is 12.4. The maximum Gasteiger partial charge on any atom is 0.343 e. The summed E-state index contributed by atoms with van der Waals surface area (Å²) in [6, 6.07) is 8.38. The summed E-state index contributed by atoms with van der Waals surface area (Å²) < 4.78 is 52.4. The van der Waals surface area contributed by atoms with Gasteiger partial charge in [-0.05, 0) is 36.4 Å². The first-order valence-corrected chi connectivity index (χ1v) is 8.32. The van der Waals surface area contributed by atoms with Gasteiger partial charge in [0.15, 0.2) is 5.75 Å². The minimum absolute atomic E-state index is 0.0217. The van der Waals surface area contributed by atoms with E-state index in [4.69, 9.17) is 27.9 Å². The number of alkyl halides is 2. The monoisotopic (exact) mass is 380 g/mol. The highest BCUT2D eigenvalue weighted by atomic mass is 35.5. The third kappa shape index (κ3) is 3.80. The molecule has 0 aliphatic heterocycles. The molecule has 0 unspecified atom stereocenters. The van der Waals surface area contributed by atoms with Crippen molar-refractivity contribution in [2.75, 3.05) is 0 Å². The molecule has 0 heterocycles. The quantitative estimate of drug-likeness (QED) is 0.588. The van der Waals surface area contributed by atoms with Crippen molar-refractivity contribution in [2.45, 2.75) is 10.7 Å². The van der Waals surface area contributed by atoms with Crippen LogP contribution in [0.2, 0.25) is 10.0 Å². The summed E-state index contributed by atoms with van der Waals surface area (Å²) in [4.78, 5) is 11.4. The lowest BCUT2D eigenvalue weighted by molar-refractivity contribution is 0.0735. The molecule has 2 aromatic rings. The zero-order valence-electron chi connectivity index (χ0n) is 11.2. The number of hydrogen-bond acceptors (Lipinski definition) is 4. The van der Waals surface area contributed by atoms with E-state index in [1.807, 2.05) is 0 Å². The number of hydrogen-bond donors (Lipinski definition) is 0. The summed E-state index contributed by atoms with van der Waals surface area (Å²) in [5, 5.41) is 0.231. The fraction of sp³-hybridized carbons (Fsp3) is 0.0714. The zero-order chi connectivity index (χ0) is 17.2. The lowest BCUT2D eigenvalue weighted by atomic mass is 10.2. The van der Waals surface area contributed by atoms with Gasteiger partial charge in [0.1, 0.15) is 5.02 Å². The molecule has 0 aromatic heterocycles. The molecular weight excluding hydrogens is 373 g/mol. The number of ether oxygens (including phenoxy) is 1. The van der Waals surface area contributed by atoms with Crippen LogP contribution < -0.4 is 4.74 Å². The molecule has 0 spiro atoms. The second kappa shape index (κ2) is 6.82. The lowest BCUT2D eigenvalue weighted by Gasteiger charge is -2.08. The number of halogens is 4. The van der Waals surface area contributed by atoms with Gasteiger partial charge in [-0.3, -0.25) is 0 Å². The van der Waals surface area contributed by atoms with Gasteiger partial charge >= 0.3 is 11.7 Å². The highest BCUT2D eigenvalue weighted by Gasteiger charge is 2.26. The number of rotatable bonds is 4. The molecule has 23 heavy (non-hydrogen) atoms. The Hall–Kier alpha value is -1.70. The summed E-state index contributed by atoms with van der Waals surface area (Å²) in [5.74, 6) is -4.35. The third-order valence-corrected chi connectivity index (χ3v) is 4.97. The lowest BCUT2D eigenvalue weighted by Crippen LogP contribution is -2.13. The first-order valence-electron chi connectivity index (χ1n) is 6.02. The molecule has 2 rings (SSSR count). The Labute approximate surface area is 140 Å². The fourth-order valence-electron chi connectivity index (χ4n) is 1.61. The molecule has 0 fully saturated rings. The summed E-state index contributed by atoms with van der Waals surface area (Å²) >= 11 is 11.7. The van der Waals surface area contributed by atoms with Crippen molar-refractivity contribution < 1.29 is 26.7 Å². The second-order valence-electron chi connectivity index (χ2n) is 4.27. The van der Waals surface area contributed by atoms with Crippen LogP contribution in [0.25, 0.3) is 0 Å². The van der Waals surface area contributed by atoms with Gasteiger partial charge in [0.05, 0.1) is 15.5 Å². The van der Waals surface area contributed by atoms with Crippen LogP contribution in [-0.4, -0.2) is 20.1 Å². The Morgan fingerprint density at radius 1 is 1.04 bits per heavy atom. The van der Waals surface area contributed by atoms with Gasteiger partial charge in [0.25, 0.3) is 0 Å². The molecule has 0 atom stereocenters. The number of benzene rings is 2. The summed E-state index contributed by atoms with van der Waals surface area (Å²) in [5.41, 5.74) is -0.0331. The van der Waals surface area contributed by atoms with Crippen LogP contribution >= 0.6 is 23.2 Å². The van der Waals surface area contributed by atoms with Crippen LogP contribution in [0, 0.1) is 0 Å². The van der Waals surface area contributed by atoms with Gasteiger partial charge < -0.3 is 4.74 Å². The Morgan fingerprint density at radius 2 is 1.65 bits per heavy atom. The first kappa shape index (κ1) is 17.7. The van der Waals surface area contributed by atoms with Crippen LogP contribution in [0.3, 0.4) is 0 Å². The van der Waals surface area contributed by atoms with E-state index in [1.165, 1.54) is 18.2 Å². The topological polar surface area (TPSA) is 60.4 Å². The van der Waals surface area contributed by atoms with Crippen LogP contribution in [0.15, 0.2) is 47.4 Å². The van der Waals surface area contributed by atoms with E-state index < -0.39 is 26.5 Å². The van der Waals surface area contributed by atoms with E-state index in [1.54, 1.807) is 0 Å². The number of carbonyl (C=O) groups excluding carboxylic acids is 1. The molecule has 4 nitrogen and oxygen atoms in total. The van der Waals surface area contributed by atoms with Gasteiger partial charge in [-0.1, -0.05) is 29.3 Å². The molecule has 0 saturated heterocycles. The molecule has 2 aromatic carbocycles. The molecule has 0 N–H and O–H groups in total.